The number of piperazine rings is 1. The van der Waals surface area contributed by atoms with Crippen molar-refractivity contribution in [2.45, 2.75) is 20.0 Å². The van der Waals surface area contributed by atoms with E-state index < -0.39 is 6.10 Å². The summed E-state index contributed by atoms with van der Waals surface area (Å²) in [5.74, 6) is 1.02. The lowest BCUT2D eigenvalue weighted by molar-refractivity contribution is -0.903. The van der Waals surface area contributed by atoms with Gasteiger partial charge in [-0.1, -0.05) is 18.2 Å². The van der Waals surface area contributed by atoms with Crippen molar-refractivity contribution in [3.63, 3.8) is 0 Å². The van der Waals surface area contributed by atoms with Crippen molar-refractivity contribution in [2.24, 2.45) is 0 Å². The Labute approximate surface area is 172 Å². The fourth-order valence-corrected chi connectivity index (χ4v) is 3.77. The van der Waals surface area contributed by atoms with Gasteiger partial charge in [0.25, 0.3) is 0 Å². The quantitative estimate of drug-likeness (QED) is 0.656. The fourth-order valence-electron chi connectivity index (χ4n) is 3.77. The zero-order valence-electron chi connectivity index (χ0n) is 17.5. The van der Waals surface area contributed by atoms with Gasteiger partial charge < -0.3 is 24.4 Å². The lowest BCUT2D eigenvalue weighted by Crippen LogP contribution is -3.16. The number of ketones is 1. The third kappa shape index (κ3) is 5.49. The second-order valence-corrected chi connectivity index (χ2v) is 7.61. The summed E-state index contributed by atoms with van der Waals surface area (Å²) < 4.78 is 11.1. The first-order chi connectivity index (χ1) is 14.0. The number of hydrogen-bond acceptors (Lipinski definition) is 5. The van der Waals surface area contributed by atoms with Crippen LogP contribution >= 0.6 is 0 Å². The van der Waals surface area contributed by atoms with Crippen molar-refractivity contribution >= 4 is 11.5 Å². The maximum atomic E-state index is 11.5. The van der Waals surface area contributed by atoms with Crippen LogP contribution in [0.3, 0.4) is 0 Å². The van der Waals surface area contributed by atoms with E-state index in [1.807, 2.05) is 0 Å². The molecule has 29 heavy (non-hydrogen) atoms. The highest BCUT2D eigenvalue weighted by molar-refractivity contribution is 5.94. The van der Waals surface area contributed by atoms with Crippen LogP contribution in [0.4, 0.5) is 5.69 Å². The lowest BCUT2D eigenvalue weighted by atomic mass is 10.1. The van der Waals surface area contributed by atoms with E-state index in [9.17, 15) is 9.90 Å². The van der Waals surface area contributed by atoms with E-state index in [1.165, 1.54) is 23.1 Å². The number of nitrogens with one attached hydrogen (secondary N) is 1. The van der Waals surface area contributed by atoms with Crippen molar-refractivity contribution in [3.8, 4) is 11.5 Å². The molecule has 6 nitrogen and oxygen atoms in total. The van der Waals surface area contributed by atoms with Gasteiger partial charge in [0.1, 0.15) is 19.3 Å². The summed E-state index contributed by atoms with van der Waals surface area (Å²) in [4.78, 5) is 15.3. The summed E-state index contributed by atoms with van der Waals surface area (Å²) in [6.45, 7) is 8.44. The van der Waals surface area contributed by atoms with Crippen molar-refractivity contribution in [1.29, 1.82) is 0 Å². The largest absolute Gasteiger partial charge is 0.493 e. The van der Waals surface area contributed by atoms with Crippen LogP contribution in [-0.2, 0) is 0 Å². The average molecular weight is 400 g/mol. The van der Waals surface area contributed by atoms with E-state index >= 15 is 0 Å². The minimum Gasteiger partial charge on any atom is -0.493 e. The molecule has 2 aromatic carbocycles. The highest BCUT2D eigenvalue weighted by Gasteiger charge is 2.23. The lowest BCUT2D eigenvalue weighted by Gasteiger charge is -2.35. The van der Waals surface area contributed by atoms with Gasteiger partial charge in [0.2, 0.25) is 0 Å². The highest BCUT2D eigenvalue weighted by atomic mass is 16.5. The Kier molecular flexibility index (Phi) is 7.12. The molecular formula is C23H31N2O4+. The van der Waals surface area contributed by atoms with Crippen LogP contribution in [-0.4, -0.2) is 63.4 Å². The molecule has 1 atom stereocenters. The first-order valence-electron chi connectivity index (χ1n) is 10.1. The molecule has 1 heterocycles. The summed E-state index contributed by atoms with van der Waals surface area (Å²) in [5, 5.41) is 10.4. The molecule has 1 aliphatic rings. The number of rotatable bonds is 8. The maximum Gasteiger partial charge on any atom is 0.161 e. The van der Waals surface area contributed by atoms with Crippen LogP contribution in [0.2, 0.25) is 0 Å². The van der Waals surface area contributed by atoms with Gasteiger partial charge in [-0.3, -0.25) is 4.79 Å². The molecule has 0 bridgehead atoms. The molecule has 2 aromatic rings. The molecule has 0 aromatic heterocycles. The first kappa shape index (κ1) is 21.1. The van der Waals surface area contributed by atoms with Crippen LogP contribution in [0.5, 0.6) is 11.5 Å². The van der Waals surface area contributed by atoms with Gasteiger partial charge in [-0.25, -0.2) is 0 Å². The van der Waals surface area contributed by atoms with Crippen LogP contribution in [0.25, 0.3) is 0 Å². The molecule has 0 aliphatic carbocycles. The average Bonchev–Trinajstić information content (AvgIpc) is 2.73. The van der Waals surface area contributed by atoms with E-state index in [4.69, 9.17) is 9.47 Å². The van der Waals surface area contributed by atoms with E-state index in [0.29, 0.717) is 23.6 Å². The summed E-state index contributed by atoms with van der Waals surface area (Å²) in [7, 11) is 1.54. The minimum absolute atomic E-state index is 0.0247. The molecule has 3 rings (SSSR count). The predicted octanol–water partition coefficient (Wildman–Crippen LogP) is 1.35. The third-order valence-corrected chi connectivity index (χ3v) is 5.45. The molecular weight excluding hydrogens is 368 g/mol. The van der Waals surface area contributed by atoms with Gasteiger partial charge in [0.15, 0.2) is 17.3 Å². The van der Waals surface area contributed by atoms with Crippen molar-refractivity contribution < 1.29 is 24.3 Å². The second kappa shape index (κ2) is 9.76. The highest BCUT2D eigenvalue weighted by Crippen LogP contribution is 2.28. The van der Waals surface area contributed by atoms with E-state index in [1.54, 1.807) is 25.3 Å². The van der Waals surface area contributed by atoms with Gasteiger partial charge >= 0.3 is 0 Å². The number of hydrogen-bond donors (Lipinski definition) is 2. The molecule has 2 N–H and O–H groups in total. The van der Waals surface area contributed by atoms with Gasteiger partial charge in [-0.15, -0.1) is 0 Å². The number of benzene rings is 2. The Hall–Kier alpha value is -2.57. The molecule has 1 fully saturated rings. The van der Waals surface area contributed by atoms with Crippen molar-refractivity contribution in [1.82, 2.24) is 0 Å². The topological polar surface area (TPSA) is 63.4 Å². The molecule has 0 amide bonds. The normalized spacial score (nSPS) is 15.8. The Morgan fingerprint density at radius 3 is 2.55 bits per heavy atom. The summed E-state index contributed by atoms with van der Waals surface area (Å²) in [5.41, 5.74) is 3.18. The number of anilines is 1. The molecule has 0 unspecified atom stereocenters. The number of carbonyl (C=O) groups excluding carboxylic acids is 1. The second-order valence-electron chi connectivity index (χ2n) is 7.61. The van der Waals surface area contributed by atoms with Crippen molar-refractivity contribution in [2.75, 3.05) is 51.3 Å². The van der Waals surface area contributed by atoms with E-state index in [-0.39, 0.29) is 12.4 Å². The molecule has 0 spiro atoms. The maximum absolute atomic E-state index is 11.5. The number of methoxy groups -OCH3 is 1. The molecule has 1 aliphatic heterocycles. The number of quaternary nitrogens is 1. The van der Waals surface area contributed by atoms with Crippen LogP contribution in [0.15, 0.2) is 42.5 Å². The Bertz CT molecular complexity index is 831. The SMILES string of the molecule is COc1cc(C(C)=O)ccc1OC[C@H](O)C[NH+]1CCN(c2ccccc2C)CC1. The van der Waals surface area contributed by atoms with Crippen molar-refractivity contribution in [3.05, 3.63) is 53.6 Å². The Morgan fingerprint density at radius 2 is 1.90 bits per heavy atom. The number of para-hydroxylation sites is 1. The van der Waals surface area contributed by atoms with Crippen LogP contribution < -0.4 is 19.3 Å². The number of ether oxygens (including phenoxy) is 2. The number of aliphatic hydroxyl groups is 1. The molecule has 156 valence electrons. The van der Waals surface area contributed by atoms with E-state index in [0.717, 1.165) is 26.2 Å². The number of Topliss-reactive ketones (excluding diaryl/α,β-unsaturated/α-hetero) is 1. The standard InChI is InChI=1S/C23H30N2O4/c1-17-6-4-5-7-21(17)25-12-10-24(11-13-25)15-20(27)16-29-22-9-8-19(18(2)26)14-23(22)28-3/h4-9,14,20,27H,10-13,15-16H2,1-3H3/p+1/t20-/m1/s1. The number of aliphatic hydroxyl groups excluding tert-OH is 1. The molecule has 0 saturated carbocycles. The Balaban J connectivity index is 1.48. The summed E-state index contributed by atoms with van der Waals surface area (Å²) in [6.07, 6.45) is -0.563. The number of carbonyl (C=O) groups is 1. The van der Waals surface area contributed by atoms with Gasteiger partial charge in [-0.05, 0) is 43.7 Å². The first-order valence-corrected chi connectivity index (χ1v) is 10.1. The van der Waals surface area contributed by atoms with Gasteiger partial charge in [-0.2, -0.15) is 0 Å². The molecule has 0 radical (unpaired) electrons. The molecule has 6 heteroatoms. The zero-order chi connectivity index (χ0) is 20.8. The van der Waals surface area contributed by atoms with Gasteiger partial charge in [0.05, 0.1) is 33.3 Å². The minimum atomic E-state index is -0.563. The van der Waals surface area contributed by atoms with Crippen LogP contribution in [0, 0.1) is 6.92 Å². The van der Waals surface area contributed by atoms with Gasteiger partial charge in [0, 0.05) is 11.3 Å². The monoisotopic (exact) mass is 399 g/mol. The Morgan fingerprint density at radius 1 is 1.17 bits per heavy atom. The number of nitrogens with zero attached hydrogens (tertiary/aromatic N) is 1. The molecule has 1 saturated heterocycles. The third-order valence-electron chi connectivity index (χ3n) is 5.45. The fraction of sp³-hybridized carbons (Fsp3) is 0.435. The van der Waals surface area contributed by atoms with Crippen LogP contribution in [0.1, 0.15) is 22.8 Å². The zero-order valence-corrected chi connectivity index (χ0v) is 17.5. The summed E-state index contributed by atoms with van der Waals surface area (Å²) >= 11 is 0. The smallest absolute Gasteiger partial charge is 0.161 e. The van der Waals surface area contributed by atoms with E-state index in [2.05, 4.69) is 36.1 Å². The predicted molar refractivity (Wildman–Crippen MR) is 113 cm³/mol. The summed E-state index contributed by atoms with van der Waals surface area (Å²) in [6, 6.07) is 13.6. The number of aryl methyl sites for hydroxylation is 1.